The number of carbonyl (C=O) groups is 1. The second-order valence-corrected chi connectivity index (χ2v) is 6.81. The van der Waals surface area contributed by atoms with Gasteiger partial charge in [0.25, 0.3) is 0 Å². The number of rotatable bonds is 4. The predicted octanol–water partition coefficient (Wildman–Crippen LogP) is 0.387. The number of β-amino-alcohol motifs (C(OH)–C–C–N with tert-alkyl or cyclic N) is 1. The molecule has 0 aromatic carbocycles. The van der Waals surface area contributed by atoms with Crippen LogP contribution in [-0.2, 0) is 4.79 Å². The molecule has 0 aliphatic carbocycles. The Labute approximate surface area is 122 Å². The standard InChI is InChI=1S/C15H29N3O2/c1-15(2,20)13-17-10-8-16(9-11-17)12-14(19)18-6-4-3-5-7-18/h20H,3-13H2,1-2H3. The molecule has 0 atom stereocenters. The zero-order valence-electron chi connectivity index (χ0n) is 13.0. The lowest BCUT2D eigenvalue weighted by Gasteiger charge is -2.38. The molecule has 1 amide bonds. The zero-order valence-corrected chi connectivity index (χ0v) is 13.0. The number of hydrogen-bond acceptors (Lipinski definition) is 4. The van der Waals surface area contributed by atoms with Gasteiger partial charge in [-0.1, -0.05) is 0 Å². The quantitative estimate of drug-likeness (QED) is 0.811. The van der Waals surface area contributed by atoms with Crippen LogP contribution in [0.15, 0.2) is 0 Å². The topological polar surface area (TPSA) is 47.0 Å². The summed E-state index contributed by atoms with van der Waals surface area (Å²) in [5, 5.41) is 9.84. The molecule has 0 saturated carbocycles. The number of carbonyl (C=O) groups excluding carboxylic acids is 1. The van der Waals surface area contributed by atoms with Crippen LogP contribution in [0, 0.1) is 0 Å². The van der Waals surface area contributed by atoms with E-state index in [1.165, 1.54) is 6.42 Å². The van der Waals surface area contributed by atoms with E-state index in [9.17, 15) is 9.90 Å². The summed E-state index contributed by atoms with van der Waals surface area (Å²) >= 11 is 0. The minimum atomic E-state index is -0.633. The molecule has 0 bridgehead atoms. The van der Waals surface area contributed by atoms with Crippen LogP contribution in [0.3, 0.4) is 0 Å². The molecule has 0 aromatic rings. The maximum absolute atomic E-state index is 12.2. The molecule has 0 spiro atoms. The molecule has 2 fully saturated rings. The van der Waals surface area contributed by atoms with Gasteiger partial charge in [0.2, 0.25) is 5.91 Å². The van der Waals surface area contributed by atoms with Crippen LogP contribution >= 0.6 is 0 Å². The number of nitrogens with zero attached hydrogens (tertiary/aromatic N) is 3. The summed E-state index contributed by atoms with van der Waals surface area (Å²) in [6.45, 7) is 10.6. The van der Waals surface area contributed by atoms with Crippen LogP contribution in [0.4, 0.5) is 0 Å². The van der Waals surface area contributed by atoms with Gasteiger partial charge < -0.3 is 10.0 Å². The van der Waals surface area contributed by atoms with Gasteiger partial charge in [0.15, 0.2) is 0 Å². The van der Waals surface area contributed by atoms with Crippen molar-refractivity contribution in [3.05, 3.63) is 0 Å². The van der Waals surface area contributed by atoms with Gasteiger partial charge in [-0.05, 0) is 33.1 Å². The lowest BCUT2D eigenvalue weighted by molar-refractivity contribution is -0.133. The van der Waals surface area contributed by atoms with E-state index in [4.69, 9.17) is 0 Å². The van der Waals surface area contributed by atoms with E-state index in [0.29, 0.717) is 19.0 Å². The largest absolute Gasteiger partial charge is 0.389 e. The van der Waals surface area contributed by atoms with E-state index in [-0.39, 0.29) is 0 Å². The summed E-state index contributed by atoms with van der Waals surface area (Å²) in [6.07, 6.45) is 3.58. The maximum Gasteiger partial charge on any atom is 0.236 e. The second-order valence-electron chi connectivity index (χ2n) is 6.81. The molecule has 0 aromatic heterocycles. The van der Waals surface area contributed by atoms with Crippen LogP contribution < -0.4 is 0 Å². The normalized spacial score (nSPS) is 23.1. The highest BCUT2D eigenvalue weighted by atomic mass is 16.3. The predicted molar refractivity (Wildman–Crippen MR) is 79.6 cm³/mol. The molecule has 116 valence electrons. The van der Waals surface area contributed by atoms with Crippen molar-refractivity contribution in [2.24, 2.45) is 0 Å². The van der Waals surface area contributed by atoms with E-state index in [1.54, 1.807) is 0 Å². The molecule has 2 aliphatic heterocycles. The Morgan fingerprint density at radius 1 is 0.950 bits per heavy atom. The Kier molecular flexibility index (Phi) is 5.41. The number of piperazine rings is 1. The molecule has 5 nitrogen and oxygen atoms in total. The molecule has 0 unspecified atom stereocenters. The van der Waals surface area contributed by atoms with Crippen molar-refractivity contribution in [1.29, 1.82) is 0 Å². The lowest BCUT2D eigenvalue weighted by Crippen LogP contribution is -2.53. The van der Waals surface area contributed by atoms with Crippen molar-refractivity contribution in [3.63, 3.8) is 0 Å². The van der Waals surface area contributed by atoms with Crippen molar-refractivity contribution in [2.45, 2.75) is 38.7 Å². The van der Waals surface area contributed by atoms with Crippen LogP contribution in [0.1, 0.15) is 33.1 Å². The van der Waals surface area contributed by atoms with Crippen LogP contribution in [-0.4, -0.2) is 83.7 Å². The first-order valence-corrected chi connectivity index (χ1v) is 7.89. The fourth-order valence-corrected chi connectivity index (χ4v) is 3.09. The molecule has 2 heterocycles. The van der Waals surface area contributed by atoms with Gasteiger partial charge in [-0.2, -0.15) is 0 Å². The van der Waals surface area contributed by atoms with Crippen molar-refractivity contribution in [1.82, 2.24) is 14.7 Å². The molecule has 5 heteroatoms. The Bertz CT molecular complexity index is 314. The average molecular weight is 283 g/mol. The summed E-state index contributed by atoms with van der Waals surface area (Å²) in [4.78, 5) is 18.8. The Hall–Kier alpha value is -0.650. The van der Waals surface area contributed by atoms with E-state index in [1.807, 2.05) is 18.7 Å². The molecule has 20 heavy (non-hydrogen) atoms. The fraction of sp³-hybridized carbons (Fsp3) is 0.933. The molecule has 0 radical (unpaired) electrons. The smallest absolute Gasteiger partial charge is 0.236 e. The lowest BCUT2D eigenvalue weighted by atomic mass is 10.1. The van der Waals surface area contributed by atoms with Crippen molar-refractivity contribution in [3.8, 4) is 0 Å². The SMILES string of the molecule is CC(C)(O)CN1CCN(CC(=O)N2CCCCC2)CC1. The summed E-state index contributed by atoms with van der Waals surface area (Å²) in [5.41, 5.74) is -0.633. The molecule has 2 rings (SSSR count). The molecule has 2 aliphatic rings. The van der Waals surface area contributed by atoms with Gasteiger partial charge >= 0.3 is 0 Å². The molecular formula is C15H29N3O2. The van der Waals surface area contributed by atoms with E-state index >= 15 is 0 Å². The highest BCUT2D eigenvalue weighted by molar-refractivity contribution is 5.78. The third-order valence-corrected chi connectivity index (χ3v) is 4.14. The number of hydrogen-bond donors (Lipinski definition) is 1. The van der Waals surface area contributed by atoms with Gasteiger partial charge in [-0.15, -0.1) is 0 Å². The number of amides is 1. The highest BCUT2D eigenvalue weighted by Crippen LogP contribution is 2.11. The fourth-order valence-electron chi connectivity index (χ4n) is 3.09. The first-order valence-electron chi connectivity index (χ1n) is 7.89. The molecular weight excluding hydrogens is 254 g/mol. The molecule has 2 saturated heterocycles. The van der Waals surface area contributed by atoms with Crippen LogP contribution in [0.5, 0.6) is 0 Å². The monoisotopic (exact) mass is 283 g/mol. The highest BCUT2D eigenvalue weighted by Gasteiger charge is 2.25. The van der Waals surface area contributed by atoms with Crippen molar-refractivity contribution < 1.29 is 9.90 Å². The van der Waals surface area contributed by atoms with Gasteiger partial charge in [0.1, 0.15) is 0 Å². The first-order chi connectivity index (χ1) is 9.44. The van der Waals surface area contributed by atoms with Gasteiger partial charge in [0, 0.05) is 45.8 Å². The Morgan fingerprint density at radius 2 is 1.50 bits per heavy atom. The van der Waals surface area contributed by atoms with Gasteiger partial charge in [0.05, 0.1) is 12.1 Å². The minimum Gasteiger partial charge on any atom is -0.389 e. The van der Waals surface area contributed by atoms with Gasteiger partial charge in [-0.25, -0.2) is 0 Å². The number of aliphatic hydroxyl groups is 1. The second kappa shape index (κ2) is 6.87. The summed E-state index contributed by atoms with van der Waals surface area (Å²) < 4.78 is 0. The van der Waals surface area contributed by atoms with E-state index in [0.717, 1.165) is 52.1 Å². The first kappa shape index (κ1) is 15.7. The van der Waals surface area contributed by atoms with Crippen molar-refractivity contribution >= 4 is 5.91 Å². The average Bonchev–Trinajstić information content (AvgIpc) is 2.40. The Balaban J connectivity index is 1.70. The van der Waals surface area contributed by atoms with E-state index in [2.05, 4.69) is 9.80 Å². The van der Waals surface area contributed by atoms with Gasteiger partial charge in [-0.3, -0.25) is 14.6 Å². The minimum absolute atomic E-state index is 0.292. The number of likely N-dealkylation sites (tertiary alicyclic amines) is 1. The summed E-state index contributed by atoms with van der Waals surface area (Å²) in [7, 11) is 0. The van der Waals surface area contributed by atoms with Crippen molar-refractivity contribution in [2.75, 3.05) is 52.4 Å². The van der Waals surface area contributed by atoms with Crippen LogP contribution in [0.25, 0.3) is 0 Å². The third kappa shape index (κ3) is 5.04. The summed E-state index contributed by atoms with van der Waals surface area (Å²) in [6, 6.07) is 0. The summed E-state index contributed by atoms with van der Waals surface area (Å²) in [5.74, 6) is 0.292. The van der Waals surface area contributed by atoms with E-state index < -0.39 is 5.60 Å². The van der Waals surface area contributed by atoms with Crippen LogP contribution in [0.2, 0.25) is 0 Å². The zero-order chi connectivity index (χ0) is 14.6. The number of piperidine rings is 1. The molecule has 1 N–H and O–H groups in total. The Morgan fingerprint density at radius 3 is 2.05 bits per heavy atom. The third-order valence-electron chi connectivity index (χ3n) is 4.14. The maximum atomic E-state index is 12.2.